The Morgan fingerprint density at radius 1 is 1.07 bits per heavy atom. The molecule has 0 spiro atoms. The first-order valence-corrected chi connectivity index (χ1v) is 7.83. The van der Waals surface area contributed by atoms with Gasteiger partial charge in [-0.3, -0.25) is 0 Å². The SMILES string of the molecule is O=C(O)c1c(-n2nc(C(F)(F)F)cc2-c2ccco2)ccc2ccccc12. The first-order chi connectivity index (χ1) is 12.9. The minimum Gasteiger partial charge on any atom is -0.478 e. The van der Waals surface area contributed by atoms with Gasteiger partial charge in [0.1, 0.15) is 5.69 Å². The van der Waals surface area contributed by atoms with Crippen LogP contribution in [0.1, 0.15) is 16.1 Å². The molecule has 2 heterocycles. The van der Waals surface area contributed by atoms with E-state index in [9.17, 15) is 23.1 Å². The standard InChI is InChI=1S/C19H11F3N2O3/c20-19(21,22)16-10-14(15-6-3-9-27-15)24(23-16)13-8-7-11-4-1-2-5-12(11)17(13)18(25)26/h1-10H,(H,25,26). The Labute approximate surface area is 150 Å². The average molecular weight is 372 g/mol. The summed E-state index contributed by atoms with van der Waals surface area (Å²) >= 11 is 0. The van der Waals surface area contributed by atoms with E-state index in [-0.39, 0.29) is 22.7 Å². The van der Waals surface area contributed by atoms with Crippen LogP contribution in [0, 0.1) is 0 Å². The van der Waals surface area contributed by atoms with Crippen molar-refractivity contribution >= 4 is 16.7 Å². The molecule has 2 aromatic heterocycles. The molecule has 1 N–H and O–H groups in total. The second kappa shape index (κ2) is 6.01. The average Bonchev–Trinajstić information content (AvgIpc) is 3.29. The second-order valence-corrected chi connectivity index (χ2v) is 5.79. The van der Waals surface area contributed by atoms with E-state index < -0.39 is 17.8 Å². The van der Waals surface area contributed by atoms with Gasteiger partial charge in [0.25, 0.3) is 0 Å². The fourth-order valence-corrected chi connectivity index (χ4v) is 2.96. The molecular formula is C19H11F3N2O3. The molecule has 0 saturated carbocycles. The van der Waals surface area contributed by atoms with Gasteiger partial charge in [-0.05, 0) is 29.0 Å². The molecule has 27 heavy (non-hydrogen) atoms. The van der Waals surface area contributed by atoms with Gasteiger partial charge in [-0.2, -0.15) is 18.3 Å². The minimum atomic E-state index is -4.69. The Balaban J connectivity index is 2.05. The zero-order valence-electron chi connectivity index (χ0n) is 13.6. The minimum absolute atomic E-state index is 0.00473. The van der Waals surface area contributed by atoms with Gasteiger partial charge in [0, 0.05) is 6.07 Å². The molecule has 0 bridgehead atoms. The highest BCUT2D eigenvalue weighted by atomic mass is 19.4. The van der Waals surface area contributed by atoms with E-state index in [1.165, 1.54) is 24.5 Å². The van der Waals surface area contributed by atoms with E-state index in [1.54, 1.807) is 30.3 Å². The summed E-state index contributed by atoms with van der Waals surface area (Å²) in [6, 6.07) is 13.6. The van der Waals surface area contributed by atoms with Crippen LogP contribution in [-0.2, 0) is 6.18 Å². The number of rotatable bonds is 3. The summed E-state index contributed by atoms with van der Waals surface area (Å²) in [5.41, 5.74) is -1.26. The van der Waals surface area contributed by atoms with Crippen LogP contribution >= 0.6 is 0 Å². The molecular weight excluding hydrogens is 361 g/mol. The lowest BCUT2D eigenvalue weighted by atomic mass is 10.0. The van der Waals surface area contributed by atoms with E-state index in [2.05, 4.69) is 5.10 Å². The van der Waals surface area contributed by atoms with Crippen LogP contribution in [0.3, 0.4) is 0 Å². The molecule has 8 heteroatoms. The Bertz CT molecular complexity index is 1140. The summed E-state index contributed by atoms with van der Waals surface area (Å²) in [6.07, 6.45) is -3.37. The van der Waals surface area contributed by atoms with Crippen LogP contribution in [0.5, 0.6) is 0 Å². The smallest absolute Gasteiger partial charge is 0.435 e. The molecule has 0 saturated heterocycles. The number of carboxylic acids is 1. The molecule has 136 valence electrons. The largest absolute Gasteiger partial charge is 0.478 e. The molecule has 5 nitrogen and oxygen atoms in total. The number of aromatic nitrogens is 2. The van der Waals surface area contributed by atoms with Gasteiger partial charge in [-0.1, -0.05) is 30.3 Å². The maximum absolute atomic E-state index is 13.2. The van der Waals surface area contributed by atoms with Crippen molar-refractivity contribution in [1.82, 2.24) is 9.78 Å². The van der Waals surface area contributed by atoms with E-state index in [1.807, 2.05) is 0 Å². The lowest BCUT2D eigenvalue weighted by molar-refractivity contribution is -0.141. The Morgan fingerprint density at radius 2 is 1.85 bits per heavy atom. The van der Waals surface area contributed by atoms with Crippen molar-refractivity contribution in [2.24, 2.45) is 0 Å². The van der Waals surface area contributed by atoms with Crippen molar-refractivity contribution in [3.63, 3.8) is 0 Å². The zero-order chi connectivity index (χ0) is 19.2. The maximum atomic E-state index is 13.2. The molecule has 0 amide bonds. The third-order valence-corrected chi connectivity index (χ3v) is 4.12. The van der Waals surface area contributed by atoms with Crippen LogP contribution < -0.4 is 0 Å². The predicted octanol–water partition coefficient (Wildman–Crippen LogP) is 5.00. The normalized spacial score (nSPS) is 11.8. The summed E-state index contributed by atoms with van der Waals surface area (Å²) in [4.78, 5) is 11.9. The second-order valence-electron chi connectivity index (χ2n) is 5.79. The third-order valence-electron chi connectivity index (χ3n) is 4.12. The third kappa shape index (κ3) is 2.84. The highest BCUT2D eigenvalue weighted by Gasteiger charge is 2.36. The summed E-state index contributed by atoms with van der Waals surface area (Å²) in [5.74, 6) is -1.13. The number of aromatic carboxylic acids is 1. The summed E-state index contributed by atoms with van der Waals surface area (Å²) < 4.78 is 45.9. The van der Waals surface area contributed by atoms with Crippen molar-refractivity contribution in [2.45, 2.75) is 6.18 Å². The maximum Gasteiger partial charge on any atom is 0.435 e. The van der Waals surface area contributed by atoms with Gasteiger partial charge in [0.05, 0.1) is 17.5 Å². The van der Waals surface area contributed by atoms with Gasteiger partial charge in [0.2, 0.25) is 0 Å². The van der Waals surface area contributed by atoms with Crippen LogP contribution in [-0.4, -0.2) is 20.9 Å². The van der Waals surface area contributed by atoms with Crippen molar-refractivity contribution < 1.29 is 27.5 Å². The number of halogens is 3. The van der Waals surface area contributed by atoms with Crippen LogP contribution in [0.2, 0.25) is 0 Å². The topological polar surface area (TPSA) is 68.3 Å². The number of benzene rings is 2. The van der Waals surface area contributed by atoms with E-state index >= 15 is 0 Å². The number of furan rings is 1. The fourth-order valence-electron chi connectivity index (χ4n) is 2.96. The number of carbonyl (C=O) groups is 1. The van der Waals surface area contributed by atoms with E-state index in [0.29, 0.717) is 10.8 Å². The highest BCUT2D eigenvalue weighted by molar-refractivity contribution is 6.07. The van der Waals surface area contributed by atoms with Crippen LogP contribution in [0.25, 0.3) is 27.9 Å². The van der Waals surface area contributed by atoms with Gasteiger partial charge < -0.3 is 9.52 Å². The Morgan fingerprint density at radius 3 is 2.52 bits per heavy atom. The number of fused-ring (bicyclic) bond motifs is 1. The van der Waals surface area contributed by atoms with Crippen molar-refractivity contribution in [3.8, 4) is 17.1 Å². The molecule has 4 rings (SSSR count). The number of hydrogen-bond donors (Lipinski definition) is 1. The number of nitrogens with zero attached hydrogens (tertiary/aromatic N) is 2. The summed E-state index contributed by atoms with van der Waals surface area (Å²) in [7, 11) is 0. The van der Waals surface area contributed by atoms with E-state index in [4.69, 9.17) is 4.42 Å². The molecule has 0 aliphatic heterocycles. The molecule has 0 unspecified atom stereocenters. The monoisotopic (exact) mass is 372 g/mol. The number of hydrogen-bond acceptors (Lipinski definition) is 3. The van der Waals surface area contributed by atoms with E-state index in [0.717, 1.165) is 10.7 Å². The Hall–Kier alpha value is -3.55. The van der Waals surface area contributed by atoms with Crippen molar-refractivity contribution in [3.05, 3.63) is 72.1 Å². The molecule has 0 aliphatic rings. The predicted molar refractivity (Wildman–Crippen MR) is 90.7 cm³/mol. The number of alkyl halides is 3. The lowest BCUT2D eigenvalue weighted by Crippen LogP contribution is -2.11. The van der Waals surface area contributed by atoms with Gasteiger partial charge >= 0.3 is 12.1 Å². The lowest BCUT2D eigenvalue weighted by Gasteiger charge is -2.12. The fraction of sp³-hybridized carbons (Fsp3) is 0.0526. The highest BCUT2D eigenvalue weighted by Crippen LogP contribution is 2.35. The molecule has 4 aromatic rings. The van der Waals surface area contributed by atoms with Gasteiger partial charge in [-0.15, -0.1) is 0 Å². The zero-order valence-corrected chi connectivity index (χ0v) is 13.6. The summed E-state index contributed by atoms with van der Waals surface area (Å²) in [5, 5.41) is 14.4. The van der Waals surface area contributed by atoms with Gasteiger partial charge in [-0.25, -0.2) is 9.48 Å². The van der Waals surface area contributed by atoms with Crippen LogP contribution in [0.15, 0.2) is 65.3 Å². The number of carboxylic acid groups (broad SMARTS) is 1. The summed E-state index contributed by atoms with van der Waals surface area (Å²) in [6.45, 7) is 0. The first-order valence-electron chi connectivity index (χ1n) is 7.83. The molecule has 0 aliphatic carbocycles. The molecule has 0 fully saturated rings. The first kappa shape index (κ1) is 16.9. The quantitative estimate of drug-likeness (QED) is 0.549. The van der Waals surface area contributed by atoms with Crippen LogP contribution in [0.4, 0.5) is 13.2 Å². The van der Waals surface area contributed by atoms with Crippen molar-refractivity contribution in [2.75, 3.05) is 0 Å². The molecule has 2 aromatic carbocycles. The molecule has 0 atom stereocenters. The van der Waals surface area contributed by atoms with Crippen molar-refractivity contribution in [1.29, 1.82) is 0 Å². The van der Waals surface area contributed by atoms with Gasteiger partial charge in [0.15, 0.2) is 11.5 Å². The molecule has 0 radical (unpaired) electrons. The Kier molecular flexibility index (Phi) is 3.76.